The fourth-order valence-corrected chi connectivity index (χ4v) is 5.28. The molecule has 3 rings (SSSR count). The second-order valence-electron chi connectivity index (χ2n) is 5.34. The second kappa shape index (κ2) is 5.90. The van der Waals surface area contributed by atoms with Gasteiger partial charge in [0, 0.05) is 6.61 Å². The van der Waals surface area contributed by atoms with Crippen molar-refractivity contribution in [1.29, 1.82) is 0 Å². The zero-order valence-corrected chi connectivity index (χ0v) is 13.1. The van der Waals surface area contributed by atoms with Gasteiger partial charge in [0.25, 0.3) is 0 Å². The summed E-state index contributed by atoms with van der Waals surface area (Å²) in [6, 6.07) is 0. The van der Waals surface area contributed by atoms with E-state index in [1.165, 1.54) is 22.8 Å². The average molecular weight is 320 g/mol. The molecule has 1 N–H and O–H groups in total. The molecular formula is C13H18ClNO2S2. The van der Waals surface area contributed by atoms with Crippen LogP contribution in [-0.4, -0.2) is 33.8 Å². The Morgan fingerprint density at radius 3 is 2.95 bits per heavy atom. The molecule has 6 heteroatoms. The zero-order chi connectivity index (χ0) is 13.3. The Balaban J connectivity index is 1.70. The third kappa shape index (κ3) is 3.10. The summed E-state index contributed by atoms with van der Waals surface area (Å²) in [7, 11) is 0. The minimum Gasteiger partial charge on any atom is -0.386 e. The molecule has 1 aromatic heterocycles. The van der Waals surface area contributed by atoms with Gasteiger partial charge in [0.05, 0.1) is 11.8 Å². The van der Waals surface area contributed by atoms with Crippen LogP contribution in [-0.2, 0) is 4.74 Å². The smallest absolute Gasteiger partial charge is 0.123 e. The Morgan fingerprint density at radius 2 is 2.26 bits per heavy atom. The van der Waals surface area contributed by atoms with Gasteiger partial charge in [0.2, 0.25) is 0 Å². The fraction of sp³-hybridized carbons (Fsp3) is 0.769. The molecular weight excluding hydrogens is 302 g/mol. The van der Waals surface area contributed by atoms with Crippen molar-refractivity contribution in [1.82, 2.24) is 4.98 Å². The van der Waals surface area contributed by atoms with Crippen molar-refractivity contribution in [3.8, 4) is 0 Å². The predicted molar refractivity (Wildman–Crippen MR) is 80.0 cm³/mol. The van der Waals surface area contributed by atoms with Crippen LogP contribution in [0.3, 0.4) is 0 Å². The summed E-state index contributed by atoms with van der Waals surface area (Å²) in [6.07, 6.45) is 5.21. The largest absolute Gasteiger partial charge is 0.386 e. The van der Waals surface area contributed by atoms with E-state index in [0.29, 0.717) is 4.34 Å². The lowest BCUT2D eigenvalue weighted by Gasteiger charge is -2.44. The molecule has 2 unspecified atom stereocenters. The third-order valence-corrected chi connectivity index (χ3v) is 6.30. The van der Waals surface area contributed by atoms with E-state index < -0.39 is 6.10 Å². The Morgan fingerprint density at radius 1 is 1.47 bits per heavy atom. The molecule has 3 nitrogen and oxygen atoms in total. The summed E-state index contributed by atoms with van der Waals surface area (Å²) in [5, 5.41) is 11.2. The van der Waals surface area contributed by atoms with E-state index in [0.717, 1.165) is 37.3 Å². The van der Waals surface area contributed by atoms with Crippen molar-refractivity contribution in [3.05, 3.63) is 15.5 Å². The summed E-state index contributed by atoms with van der Waals surface area (Å²) in [6.45, 7) is 0.755. The number of aromatic nitrogens is 1. The van der Waals surface area contributed by atoms with Crippen molar-refractivity contribution in [3.63, 3.8) is 0 Å². The summed E-state index contributed by atoms with van der Waals surface area (Å²) < 4.78 is 6.70. The predicted octanol–water partition coefficient (Wildman–Crippen LogP) is 3.52. The van der Waals surface area contributed by atoms with Gasteiger partial charge in [-0.1, -0.05) is 11.6 Å². The lowest BCUT2D eigenvalue weighted by molar-refractivity contribution is -0.121. The molecule has 1 aromatic rings. The van der Waals surface area contributed by atoms with Gasteiger partial charge in [0.1, 0.15) is 15.4 Å². The summed E-state index contributed by atoms with van der Waals surface area (Å²) in [5.41, 5.74) is 0.0101. The van der Waals surface area contributed by atoms with Crippen LogP contribution in [0.1, 0.15) is 36.8 Å². The van der Waals surface area contributed by atoms with Crippen molar-refractivity contribution >= 4 is 34.7 Å². The number of nitrogens with zero attached hydrogens (tertiary/aromatic N) is 1. The van der Waals surface area contributed by atoms with E-state index in [2.05, 4.69) is 4.98 Å². The number of aliphatic hydroxyl groups is 1. The quantitative estimate of drug-likeness (QED) is 0.905. The molecule has 0 saturated carbocycles. The van der Waals surface area contributed by atoms with E-state index in [1.54, 1.807) is 6.20 Å². The van der Waals surface area contributed by atoms with Gasteiger partial charge in [-0.15, -0.1) is 11.3 Å². The molecule has 106 valence electrons. The standard InChI is InChI=1S/C13H18ClNO2S2/c14-10-8-15-12(19-10)11(16)9-1-4-17-13(7-9)2-5-18-6-3-13/h8-9,11,16H,1-7H2. The molecule has 2 saturated heterocycles. The first-order valence-corrected chi connectivity index (χ1v) is 9.04. The summed E-state index contributed by atoms with van der Waals surface area (Å²) in [4.78, 5) is 4.22. The van der Waals surface area contributed by atoms with Gasteiger partial charge in [-0.05, 0) is 43.1 Å². The van der Waals surface area contributed by atoms with Gasteiger partial charge < -0.3 is 9.84 Å². The summed E-state index contributed by atoms with van der Waals surface area (Å²) in [5.74, 6) is 2.59. The lowest BCUT2D eigenvalue weighted by Crippen LogP contribution is -2.44. The van der Waals surface area contributed by atoms with Crippen LogP contribution in [0.15, 0.2) is 6.20 Å². The highest BCUT2D eigenvalue weighted by atomic mass is 35.5. The van der Waals surface area contributed by atoms with Gasteiger partial charge in [-0.3, -0.25) is 0 Å². The molecule has 2 aliphatic heterocycles. The maximum Gasteiger partial charge on any atom is 0.123 e. The summed E-state index contributed by atoms with van der Waals surface area (Å²) >= 11 is 9.29. The number of aliphatic hydroxyl groups excluding tert-OH is 1. The Labute approximate surface area is 126 Å². The van der Waals surface area contributed by atoms with Gasteiger partial charge in [-0.25, -0.2) is 4.98 Å². The Bertz CT molecular complexity index is 429. The van der Waals surface area contributed by atoms with Gasteiger partial charge in [-0.2, -0.15) is 11.8 Å². The number of hydrogen-bond acceptors (Lipinski definition) is 5. The minimum absolute atomic E-state index is 0.0101. The first-order chi connectivity index (χ1) is 9.19. The first-order valence-electron chi connectivity index (χ1n) is 6.70. The second-order valence-corrected chi connectivity index (χ2v) is 8.26. The molecule has 2 atom stereocenters. The van der Waals surface area contributed by atoms with Crippen molar-refractivity contribution in [2.24, 2.45) is 5.92 Å². The normalized spacial score (nSPS) is 28.4. The molecule has 2 fully saturated rings. The number of thioether (sulfide) groups is 1. The van der Waals surface area contributed by atoms with Crippen LogP contribution >= 0.6 is 34.7 Å². The van der Waals surface area contributed by atoms with Crippen LogP contribution in [0, 0.1) is 5.92 Å². The van der Waals surface area contributed by atoms with E-state index in [-0.39, 0.29) is 11.5 Å². The molecule has 2 aliphatic rings. The monoisotopic (exact) mass is 319 g/mol. The van der Waals surface area contributed by atoms with Crippen LogP contribution in [0.5, 0.6) is 0 Å². The number of rotatable bonds is 2. The molecule has 0 bridgehead atoms. The van der Waals surface area contributed by atoms with Crippen molar-refractivity contribution in [2.45, 2.75) is 37.4 Å². The van der Waals surface area contributed by atoms with E-state index in [1.807, 2.05) is 11.8 Å². The van der Waals surface area contributed by atoms with Crippen LogP contribution in [0.2, 0.25) is 4.34 Å². The number of halogens is 1. The number of hydrogen-bond donors (Lipinski definition) is 1. The Kier molecular flexibility index (Phi) is 4.39. The molecule has 19 heavy (non-hydrogen) atoms. The lowest BCUT2D eigenvalue weighted by atomic mass is 9.79. The number of ether oxygens (including phenoxy) is 1. The molecule has 3 heterocycles. The SMILES string of the molecule is OC(c1ncc(Cl)s1)C1CCOC2(CCSCC2)C1. The van der Waals surface area contributed by atoms with Crippen LogP contribution < -0.4 is 0 Å². The zero-order valence-electron chi connectivity index (χ0n) is 10.7. The van der Waals surface area contributed by atoms with Gasteiger partial charge in [0.15, 0.2) is 0 Å². The van der Waals surface area contributed by atoms with Crippen LogP contribution in [0.25, 0.3) is 0 Å². The average Bonchev–Trinajstić information content (AvgIpc) is 2.85. The first kappa shape index (κ1) is 14.1. The van der Waals surface area contributed by atoms with E-state index in [4.69, 9.17) is 16.3 Å². The maximum atomic E-state index is 10.5. The molecule has 0 aliphatic carbocycles. The molecule has 0 radical (unpaired) electrons. The molecule has 0 amide bonds. The van der Waals surface area contributed by atoms with E-state index >= 15 is 0 Å². The van der Waals surface area contributed by atoms with Crippen molar-refractivity contribution in [2.75, 3.05) is 18.1 Å². The van der Waals surface area contributed by atoms with Crippen LogP contribution in [0.4, 0.5) is 0 Å². The number of thiazole rings is 1. The van der Waals surface area contributed by atoms with Gasteiger partial charge >= 0.3 is 0 Å². The molecule has 0 aromatic carbocycles. The topological polar surface area (TPSA) is 42.4 Å². The van der Waals surface area contributed by atoms with E-state index in [9.17, 15) is 5.11 Å². The highest BCUT2D eigenvalue weighted by molar-refractivity contribution is 7.99. The maximum absolute atomic E-state index is 10.5. The highest BCUT2D eigenvalue weighted by Gasteiger charge is 2.41. The minimum atomic E-state index is -0.493. The third-order valence-electron chi connectivity index (χ3n) is 4.13. The Hall–Kier alpha value is 0.190. The molecule has 1 spiro atoms. The van der Waals surface area contributed by atoms with Crippen molar-refractivity contribution < 1.29 is 9.84 Å². The highest BCUT2D eigenvalue weighted by Crippen LogP contribution is 2.44. The fourth-order valence-electron chi connectivity index (χ4n) is 3.03.